The van der Waals surface area contributed by atoms with Crippen molar-refractivity contribution in [2.45, 2.75) is 45.4 Å². The van der Waals surface area contributed by atoms with E-state index < -0.39 is 0 Å². The fraction of sp³-hybridized carbons (Fsp3) is 0.526. The summed E-state index contributed by atoms with van der Waals surface area (Å²) in [6.45, 7) is 6.04. The molecule has 1 amide bonds. The molecule has 0 radical (unpaired) electrons. The number of carbonyl (C=O) groups is 1. The Morgan fingerprint density at radius 3 is 2.83 bits per heavy atom. The van der Waals surface area contributed by atoms with E-state index in [1.165, 1.54) is 0 Å². The lowest BCUT2D eigenvalue weighted by Crippen LogP contribution is -2.39. The van der Waals surface area contributed by atoms with E-state index in [-0.39, 0.29) is 5.91 Å². The highest BCUT2D eigenvalue weighted by atomic mass is 32.1. The lowest BCUT2D eigenvalue weighted by Gasteiger charge is -2.31. The number of aromatic nitrogens is 2. The highest BCUT2D eigenvalue weighted by Gasteiger charge is 2.27. The van der Waals surface area contributed by atoms with Crippen molar-refractivity contribution in [3.05, 3.63) is 45.9 Å². The molecular weight excluding hydrogens is 318 g/mol. The number of benzene rings is 1. The third-order valence-electron chi connectivity index (χ3n) is 4.39. The van der Waals surface area contributed by atoms with Crippen LogP contribution in [0.25, 0.3) is 0 Å². The number of carbonyl (C=O) groups excluding carboxylic acids is 1. The Morgan fingerprint density at radius 2 is 2.08 bits per heavy atom. The quantitative estimate of drug-likeness (QED) is 0.832. The summed E-state index contributed by atoms with van der Waals surface area (Å²) in [6, 6.07) is 9.98. The van der Waals surface area contributed by atoms with Crippen LogP contribution in [0.3, 0.4) is 0 Å². The molecule has 1 fully saturated rings. The minimum absolute atomic E-state index is 0.220. The molecule has 0 saturated carbocycles. The van der Waals surface area contributed by atoms with Gasteiger partial charge in [-0.15, -0.1) is 21.5 Å². The van der Waals surface area contributed by atoms with Crippen molar-refractivity contribution in [3.63, 3.8) is 0 Å². The van der Waals surface area contributed by atoms with Gasteiger partial charge in [-0.05, 0) is 24.3 Å². The molecular formula is C19H25N3OS. The Kier molecular flexibility index (Phi) is 5.61. The Labute approximate surface area is 147 Å². The molecule has 1 unspecified atom stereocenters. The third kappa shape index (κ3) is 4.41. The predicted octanol–water partition coefficient (Wildman–Crippen LogP) is 3.69. The Hall–Kier alpha value is -1.75. The van der Waals surface area contributed by atoms with Gasteiger partial charge in [0.2, 0.25) is 5.91 Å². The van der Waals surface area contributed by atoms with Crippen LogP contribution in [0.4, 0.5) is 0 Å². The van der Waals surface area contributed by atoms with Crippen LogP contribution >= 0.6 is 11.3 Å². The van der Waals surface area contributed by atoms with Crippen LogP contribution in [0.5, 0.6) is 0 Å². The molecule has 3 rings (SSSR count). The van der Waals surface area contributed by atoms with Gasteiger partial charge in [-0.1, -0.05) is 44.2 Å². The van der Waals surface area contributed by atoms with Gasteiger partial charge in [0.05, 0.1) is 6.42 Å². The number of likely N-dealkylation sites (tertiary alicyclic amines) is 1. The molecule has 0 spiro atoms. The van der Waals surface area contributed by atoms with Crippen molar-refractivity contribution in [1.29, 1.82) is 0 Å². The van der Waals surface area contributed by atoms with E-state index in [1.54, 1.807) is 11.3 Å². The first-order valence-corrected chi connectivity index (χ1v) is 9.57. The summed E-state index contributed by atoms with van der Waals surface area (Å²) in [5.74, 6) is 1.16. The summed E-state index contributed by atoms with van der Waals surface area (Å²) < 4.78 is 0. The Bertz CT molecular complexity index is 668. The van der Waals surface area contributed by atoms with Gasteiger partial charge in [0.15, 0.2) is 0 Å². The summed E-state index contributed by atoms with van der Waals surface area (Å²) in [7, 11) is 0. The molecule has 1 aromatic carbocycles. The van der Waals surface area contributed by atoms with Crippen molar-refractivity contribution in [2.24, 2.45) is 5.92 Å². The van der Waals surface area contributed by atoms with E-state index >= 15 is 0 Å². The molecule has 1 atom stereocenters. The maximum Gasteiger partial charge on any atom is 0.227 e. The second-order valence-electron chi connectivity index (χ2n) is 6.97. The van der Waals surface area contributed by atoms with E-state index in [9.17, 15) is 4.79 Å². The SMILES string of the molecule is CC(C)Cc1nnc(C2CCCN(C(=O)Cc3ccccc3)C2)s1. The average molecular weight is 343 g/mol. The molecule has 1 saturated heterocycles. The zero-order valence-corrected chi connectivity index (χ0v) is 15.3. The van der Waals surface area contributed by atoms with Crippen LogP contribution in [-0.4, -0.2) is 34.1 Å². The molecule has 0 bridgehead atoms. The topological polar surface area (TPSA) is 46.1 Å². The zero-order chi connectivity index (χ0) is 16.9. The number of rotatable bonds is 5. The molecule has 2 aromatic rings. The standard InChI is InChI=1S/C19H25N3OS/c1-14(2)11-17-20-21-19(24-17)16-9-6-10-22(13-16)18(23)12-15-7-4-3-5-8-15/h3-5,7-8,14,16H,6,9-13H2,1-2H3. The van der Waals surface area contributed by atoms with Crippen molar-refractivity contribution >= 4 is 17.2 Å². The van der Waals surface area contributed by atoms with Crippen molar-refractivity contribution in [2.75, 3.05) is 13.1 Å². The Morgan fingerprint density at radius 1 is 1.29 bits per heavy atom. The maximum absolute atomic E-state index is 12.6. The van der Waals surface area contributed by atoms with Crippen molar-refractivity contribution < 1.29 is 4.79 Å². The summed E-state index contributed by atoms with van der Waals surface area (Å²) in [5.41, 5.74) is 1.08. The van der Waals surface area contributed by atoms with Crippen LogP contribution in [0, 0.1) is 5.92 Å². The van der Waals surface area contributed by atoms with Gasteiger partial charge in [-0.3, -0.25) is 4.79 Å². The van der Waals surface area contributed by atoms with Gasteiger partial charge < -0.3 is 4.90 Å². The zero-order valence-electron chi connectivity index (χ0n) is 14.4. The van der Waals surface area contributed by atoms with Gasteiger partial charge in [0.1, 0.15) is 10.0 Å². The smallest absolute Gasteiger partial charge is 0.227 e. The van der Waals surface area contributed by atoms with E-state index in [4.69, 9.17) is 0 Å². The van der Waals surface area contributed by atoms with Crippen LogP contribution in [0.1, 0.15) is 48.2 Å². The molecule has 4 nitrogen and oxygen atoms in total. The fourth-order valence-corrected chi connectivity index (χ4v) is 4.33. The monoisotopic (exact) mass is 343 g/mol. The highest BCUT2D eigenvalue weighted by Crippen LogP contribution is 2.30. The molecule has 1 aliphatic heterocycles. The minimum Gasteiger partial charge on any atom is -0.342 e. The summed E-state index contributed by atoms with van der Waals surface area (Å²) in [6.07, 6.45) is 3.62. The van der Waals surface area contributed by atoms with E-state index in [0.717, 1.165) is 47.9 Å². The number of amides is 1. The number of hydrogen-bond acceptors (Lipinski definition) is 4. The number of nitrogens with zero attached hydrogens (tertiary/aromatic N) is 3. The van der Waals surface area contributed by atoms with Gasteiger partial charge in [-0.2, -0.15) is 0 Å². The van der Waals surface area contributed by atoms with Crippen LogP contribution in [0.15, 0.2) is 30.3 Å². The lowest BCUT2D eigenvalue weighted by atomic mass is 9.98. The molecule has 0 aliphatic carbocycles. The molecule has 1 aromatic heterocycles. The van der Waals surface area contributed by atoms with Crippen molar-refractivity contribution in [3.8, 4) is 0 Å². The van der Waals surface area contributed by atoms with Crippen LogP contribution in [-0.2, 0) is 17.6 Å². The second-order valence-corrected chi connectivity index (χ2v) is 8.07. The molecule has 1 aliphatic rings. The first kappa shape index (κ1) is 17.1. The number of piperidine rings is 1. The van der Waals surface area contributed by atoms with E-state index in [2.05, 4.69) is 24.0 Å². The van der Waals surface area contributed by atoms with Gasteiger partial charge in [0, 0.05) is 25.4 Å². The van der Waals surface area contributed by atoms with Gasteiger partial charge >= 0.3 is 0 Å². The lowest BCUT2D eigenvalue weighted by molar-refractivity contribution is -0.131. The van der Waals surface area contributed by atoms with Gasteiger partial charge in [-0.25, -0.2) is 0 Å². The molecule has 5 heteroatoms. The average Bonchev–Trinajstić information content (AvgIpc) is 3.03. The second kappa shape index (κ2) is 7.88. The minimum atomic E-state index is 0.220. The van der Waals surface area contributed by atoms with E-state index in [0.29, 0.717) is 18.3 Å². The Balaban J connectivity index is 1.61. The molecule has 2 heterocycles. The van der Waals surface area contributed by atoms with E-state index in [1.807, 2.05) is 35.2 Å². The number of hydrogen-bond donors (Lipinski definition) is 0. The molecule has 0 N–H and O–H groups in total. The normalized spacial score (nSPS) is 18.1. The largest absolute Gasteiger partial charge is 0.342 e. The summed E-state index contributed by atoms with van der Waals surface area (Å²) in [4.78, 5) is 14.6. The summed E-state index contributed by atoms with van der Waals surface area (Å²) >= 11 is 1.73. The predicted molar refractivity (Wildman–Crippen MR) is 97.2 cm³/mol. The maximum atomic E-state index is 12.6. The molecule has 24 heavy (non-hydrogen) atoms. The molecule has 128 valence electrons. The first-order valence-electron chi connectivity index (χ1n) is 8.76. The highest BCUT2D eigenvalue weighted by molar-refractivity contribution is 7.11. The first-order chi connectivity index (χ1) is 11.6. The summed E-state index contributed by atoms with van der Waals surface area (Å²) in [5, 5.41) is 11.0. The third-order valence-corrected chi connectivity index (χ3v) is 5.49. The van der Waals surface area contributed by atoms with Gasteiger partial charge in [0.25, 0.3) is 0 Å². The van der Waals surface area contributed by atoms with Crippen LogP contribution < -0.4 is 0 Å². The van der Waals surface area contributed by atoms with Crippen LogP contribution in [0.2, 0.25) is 0 Å². The van der Waals surface area contributed by atoms with Crippen molar-refractivity contribution in [1.82, 2.24) is 15.1 Å². The fourth-order valence-electron chi connectivity index (χ4n) is 3.15.